The van der Waals surface area contributed by atoms with Crippen molar-refractivity contribution in [3.8, 4) is 0 Å². The summed E-state index contributed by atoms with van der Waals surface area (Å²) in [6.07, 6.45) is 9.63. The molecule has 2 fully saturated rings. The van der Waals surface area contributed by atoms with E-state index < -0.39 is 29.2 Å². The molecule has 5 heteroatoms. The van der Waals surface area contributed by atoms with Crippen molar-refractivity contribution in [2.45, 2.75) is 43.0 Å². The number of aliphatic hydroxyl groups is 2. The Bertz CT molecular complexity index is 1190. The Morgan fingerprint density at radius 1 is 0.568 bits per heavy atom. The first-order valence-electron chi connectivity index (χ1n) is 14.4. The Hall–Kier alpha value is -2.96. The number of hydrogen-bond donors (Lipinski definition) is 2. The predicted molar refractivity (Wildman–Crippen MR) is 173 cm³/mol. The summed E-state index contributed by atoms with van der Waals surface area (Å²) in [5.74, 6) is -1.05. The van der Waals surface area contributed by atoms with Gasteiger partial charge in [-0.2, -0.15) is 0 Å². The second kappa shape index (κ2) is 16.4. The van der Waals surface area contributed by atoms with Crippen LogP contribution in [0.4, 0.5) is 0 Å². The summed E-state index contributed by atoms with van der Waals surface area (Å²) in [6, 6.07) is 37.8. The van der Waals surface area contributed by atoms with Gasteiger partial charge in [-0.25, -0.2) is 19.6 Å². The van der Waals surface area contributed by atoms with Crippen LogP contribution in [-0.4, -0.2) is 28.2 Å². The van der Waals surface area contributed by atoms with Crippen molar-refractivity contribution in [2.24, 2.45) is 0 Å². The van der Waals surface area contributed by atoms with E-state index in [0.29, 0.717) is 22.3 Å². The molecule has 5 radical (unpaired) electrons. The molecule has 0 amide bonds. The summed E-state index contributed by atoms with van der Waals surface area (Å²) in [6.45, 7) is 10.1. The fourth-order valence-electron chi connectivity index (χ4n) is 5.45. The van der Waals surface area contributed by atoms with Gasteiger partial charge in [-0.1, -0.05) is 121 Å². The summed E-state index contributed by atoms with van der Waals surface area (Å²) < 4.78 is 13.0. The molecule has 221 valence electrons. The minimum Gasteiger partial charge on any atom is -0.378 e. The van der Waals surface area contributed by atoms with E-state index in [-0.39, 0.29) is 21.7 Å². The third-order valence-corrected chi connectivity index (χ3v) is 7.33. The van der Waals surface area contributed by atoms with Crippen molar-refractivity contribution < 1.29 is 41.4 Å². The molecule has 2 atom stereocenters. The van der Waals surface area contributed by atoms with Crippen molar-refractivity contribution in [1.29, 1.82) is 0 Å². The van der Waals surface area contributed by atoms with E-state index in [0.717, 1.165) is 0 Å². The molecule has 4 nitrogen and oxygen atoms in total. The van der Waals surface area contributed by atoms with Gasteiger partial charge in [0.25, 0.3) is 0 Å². The minimum atomic E-state index is -1.60. The van der Waals surface area contributed by atoms with Crippen LogP contribution in [0, 0.1) is 39.0 Å². The van der Waals surface area contributed by atoms with Gasteiger partial charge >= 0.3 is 21.7 Å². The maximum Gasteiger partial charge on any atom is 4.00 e. The van der Waals surface area contributed by atoms with E-state index >= 15 is 0 Å². The summed E-state index contributed by atoms with van der Waals surface area (Å²) in [4.78, 5) is 0. The first kappa shape index (κ1) is 35.5. The second-order valence-corrected chi connectivity index (χ2v) is 10.7. The van der Waals surface area contributed by atoms with Crippen LogP contribution >= 0.6 is 0 Å². The molecule has 4 aromatic carbocycles. The molecule has 6 rings (SSSR count). The molecular formula is C39H40O4Ti+3. The van der Waals surface area contributed by atoms with Crippen LogP contribution in [0.1, 0.15) is 36.1 Å². The molecule has 0 unspecified atom stereocenters. The Morgan fingerprint density at radius 3 is 0.977 bits per heavy atom. The van der Waals surface area contributed by atoms with Gasteiger partial charge in [-0.3, -0.25) is 0 Å². The quantitative estimate of drug-likeness (QED) is 0.174. The zero-order valence-corrected chi connectivity index (χ0v) is 26.9. The zero-order valence-electron chi connectivity index (χ0n) is 25.3. The first-order valence-corrected chi connectivity index (χ1v) is 14.4. The predicted octanol–water partition coefficient (Wildman–Crippen LogP) is 7.40. The normalized spacial score (nSPS) is 18.9. The van der Waals surface area contributed by atoms with Crippen molar-refractivity contribution in [3.63, 3.8) is 0 Å². The SMILES string of the molecule is C=C[CH2-].CC1(C)O[C@@H](C(O)(c2ccccc2)c2ccccc2)[C@H](C(O)(c2ccccc2)c2ccccc2)O1.[CH]1[CH][CH][CH][CH]1.[Ti+4]. The topological polar surface area (TPSA) is 58.9 Å². The third kappa shape index (κ3) is 8.00. The van der Waals surface area contributed by atoms with Gasteiger partial charge in [0.2, 0.25) is 0 Å². The van der Waals surface area contributed by atoms with Gasteiger partial charge in [0.15, 0.2) is 5.79 Å². The fourth-order valence-corrected chi connectivity index (χ4v) is 5.45. The molecular weight excluding hydrogens is 580 g/mol. The average Bonchev–Trinajstić information content (AvgIpc) is 3.75. The minimum absolute atomic E-state index is 0. The number of hydrogen-bond acceptors (Lipinski definition) is 4. The number of rotatable bonds is 6. The smallest absolute Gasteiger partial charge is 0.378 e. The van der Waals surface area contributed by atoms with Crippen molar-refractivity contribution >= 4 is 0 Å². The Labute approximate surface area is 278 Å². The summed E-state index contributed by atoms with van der Waals surface area (Å²) in [7, 11) is 0. The van der Waals surface area contributed by atoms with Crippen LogP contribution in [0.3, 0.4) is 0 Å². The number of allylic oxidation sites excluding steroid dienone is 1. The van der Waals surface area contributed by atoms with Gasteiger partial charge in [0.1, 0.15) is 23.4 Å². The Kier molecular flexibility index (Phi) is 13.2. The molecule has 4 aromatic rings. The van der Waals surface area contributed by atoms with E-state index in [1.165, 1.54) is 6.08 Å². The van der Waals surface area contributed by atoms with Crippen molar-refractivity contribution in [1.82, 2.24) is 0 Å². The maximum atomic E-state index is 12.6. The average molecular weight is 621 g/mol. The summed E-state index contributed by atoms with van der Waals surface area (Å²) in [5.41, 5.74) is -0.564. The van der Waals surface area contributed by atoms with Crippen LogP contribution < -0.4 is 0 Å². The molecule has 2 N–H and O–H groups in total. The molecule has 2 aliphatic rings. The van der Waals surface area contributed by atoms with E-state index in [9.17, 15) is 10.2 Å². The maximum absolute atomic E-state index is 12.6. The van der Waals surface area contributed by atoms with Crippen LogP contribution in [0.5, 0.6) is 0 Å². The molecule has 0 aromatic heterocycles. The second-order valence-electron chi connectivity index (χ2n) is 10.7. The van der Waals surface area contributed by atoms with Crippen molar-refractivity contribution in [2.75, 3.05) is 0 Å². The van der Waals surface area contributed by atoms with E-state index in [1.54, 1.807) is 0 Å². The van der Waals surface area contributed by atoms with Gasteiger partial charge in [-0.15, -0.1) is 0 Å². The van der Waals surface area contributed by atoms with Gasteiger partial charge in [-0.05, 0) is 68.2 Å². The Balaban J connectivity index is 0.000000519. The van der Waals surface area contributed by atoms with Crippen LogP contribution in [0.2, 0.25) is 0 Å². The molecule has 44 heavy (non-hydrogen) atoms. The standard InChI is InChI=1S/C31H30O4.C5H5.C3H5.Ti/c1-29(2)34-27(30(32,23-15-7-3-8-16-23)24-17-9-4-10-18-24)28(35-29)31(33,25-19-11-5-12-20-25)26-21-13-6-14-22-26;1-2-4-5-3-1;1-3-2;/h3-22,27-28,32-33H,1-2H3;1-5H;3H,1-2H2;/q;;-1;+4/t27-,28-;;;/m1.../s1. The van der Waals surface area contributed by atoms with Gasteiger partial charge in [0, 0.05) is 0 Å². The molecule has 1 saturated heterocycles. The number of benzene rings is 4. The molecule has 1 aliphatic heterocycles. The molecule has 1 aliphatic carbocycles. The summed E-state index contributed by atoms with van der Waals surface area (Å²) in [5, 5.41) is 25.2. The van der Waals surface area contributed by atoms with Gasteiger partial charge in [0.05, 0.1) is 0 Å². The van der Waals surface area contributed by atoms with E-state index in [4.69, 9.17) is 9.47 Å². The zero-order chi connectivity index (χ0) is 30.8. The van der Waals surface area contributed by atoms with E-state index in [2.05, 4.69) is 13.5 Å². The van der Waals surface area contributed by atoms with Crippen LogP contribution in [0.15, 0.2) is 134 Å². The van der Waals surface area contributed by atoms with E-state index in [1.807, 2.05) is 167 Å². The number of ether oxygens (including phenoxy) is 2. The molecule has 1 saturated carbocycles. The fraction of sp³-hybridized carbons (Fsp3) is 0.179. The molecule has 1 heterocycles. The van der Waals surface area contributed by atoms with Crippen LogP contribution in [-0.2, 0) is 42.4 Å². The first-order chi connectivity index (χ1) is 20.8. The van der Waals surface area contributed by atoms with Gasteiger partial charge < -0.3 is 19.7 Å². The third-order valence-electron chi connectivity index (χ3n) is 7.33. The molecule has 0 bridgehead atoms. The monoisotopic (exact) mass is 620 g/mol. The largest absolute Gasteiger partial charge is 4.00 e. The summed E-state index contributed by atoms with van der Waals surface area (Å²) >= 11 is 0. The Morgan fingerprint density at radius 2 is 0.773 bits per heavy atom. The van der Waals surface area contributed by atoms with Crippen LogP contribution in [0.25, 0.3) is 0 Å². The molecule has 0 spiro atoms. The van der Waals surface area contributed by atoms with Crippen molar-refractivity contribution in [3.05, 3.63) is 195 Å².